The van der Waals surface area contributed by atoms with E-state index in [1.165, 1.54) is 6.08 Å². The Morgan fingerprint density at radius 1 is 1.05 bits per heavy atom. The van der Waals surface area contributed by atoms with Crippen molar-refractivity contribution in [1.29, 1.82) is 0 Å². The summed E-state index contributed by atoms with van der Waals surface area (Å²) in [5, 5.41) is 3.33. The molecule has 0 unspecified atom stereocenters. The molecule has 0 aliphatic carbocycles. The van der Waals surface area contributed by atoms with Crippen molar-refractivity contribution >= 4 is 22.5 Å². The van der Waals surface area contributed by atoms with Crippen LogP contribution >= 0.6 is 11.6 Å². The van der Waals surface area contributed by atoms with Gasteiger partial charge in [0.1, 0.15) is 0 Å². The van der Waals surface area contributed by atoms with Gasteiger partial charge in [0.05, 0.1) is 11.1 Å². The van der Waals surface area contributed by atoms with Gasteiger partial charge in [0.15, 0.2) is 0 Å². The van der Waals surface area contributed by atoms with E-state index < -0.39 is 0 Å². The van der Waals surface area contributed by atoms with E-state index in [2.05, 4.69) is 5.32 Å². The molecule has 2 nitrogen and oxygen atoms in total. The molecule has 2 aromatic rings. The van der Waals surface area contributed by atoms with E-state index in [4.69, 9.17) is 11.6 Å². The van der Waals surface area contributed by atoms with Gasteiger partial charge in [-0.2, -0.15) is 0 Å². The molecule has 1 N–H and O–H groups in total. The molecule has 20 heavy (non-hydrogen) atoms. The zero-order valence-electron chi connectivity index (χ0n) is 11.2. The van der Waals surface area contributed by atoms with E-state index in [1.54, 1.807) is 0 Å². The second-order valence-corrected chi connectivity index (χ2v) is 4.91. The molecular weight excluding hydrogens is 270 g/mol. The summed E-state index contributed by atoms with van der Waals surface area (Å²) in [6.45, 7) is 1.94. The van der Waals surface area contributed by atoms with E-state index in [0.29, 0.717) is 5.03 Å². The van der Waals surface area contributed by atoms with Gasteiger partial charge in [-0.3, -0.25) is 4.79 Å². The molecule has 102 valence electrons. The molecule has 1 atom stereocenters. The maximum Gasteiger partial charge on any atom is 0.245 e. The first-order valence-electron chi connectivity index (χ1n) is 6.45. The smallest absolute Gasteiger partial charge is 0.245 e. The summed E-state index contributed by atoms with van der Waals surface area (Å²) in [4.78, 5) is 11.9. The molecule has 0 bridgehead atoms. The summed E-state index contributed by atoms with van der Waals surface area (Å²) in [6, 6.07) is 19.2. The van der Waals surface area contributed by atoms with Gasteiger partial charge in [-0.05, 0) is 18.1 Å². The summed E-state index contributed by atoms with van der Waals surface area (Å²) in [6.07, 6.45) is 1.41. The molecule has 0 spiro atoms. The van der Waals surface area contributed by atoms with Crippen molar-refractivity contribution in [2.45, 2.75) is 13.0 Å². The first kappa shape index (κ1) is 14.4. The van der Waals surface area contributed by atoms with Gasteiger partial charge in [-0.25, -0.2) is 0 Å². The molecule has 0 heterocycles. The molecule has 0 aliphatic rings. The third-order valence-corrected chi connectivity index (χ3v) is 3.29. The molecule has 3 heteroatoms. The van der Waals surface area contributed by atoms with Crippen molar-refractivity contribution in [1.82, 2.24) is 5.32 Å². The van der Waals surface area contributed by atoms with Crippen molar-refractivity contribution in [3.05, 3.63) is 77.9 Å². The van der Waals surface area contributed by atoms with Crippen molar-refractivity contribution in [3.63, 3.8) is 0 Å². The normalized spacial score (nSPS) is 12.8. The Balaban J connectivity index is 2.02. The first-order chi connectivity index (χ1) is 9.66. The lowest BCUT2D eigenvalue weighted by molar-refractivity contribution is -0.117. The molecule has 0 saturated heterocycles. The predicted octanol–water partition coefficient (Wildman–Crippen LogP) is 4.14. The van der Waals surface area contributed by atoms with Crippen molar-refractivity contribution in [3.8, 4) is 0 Å². The molecule has 0 saturated carbocycles. The van der Waals surface area contributed by atoms with Gasteiger partial charge < -0.3 is 5.32 Å². The van der Waals surface area contributed by atoms with Crippen LogP contribution in [0.3, 0.4) is 0 Å². The van der Waals surface area contributed by atoms with Crippen LogP contribution in [0.25, 0.3) is 5.03 Å². The fourth-order valence-corrected chi connectivity index (χ4v) is 2.10. The topological polar surface area (TPSA) is 29.1 Å². The van der Waals surface area contributed by atoms with E-state index in [-0.39, 0.29) is 11.9 Å². The molecular formula is C17H16ClNO. The van der Waals surface area contributed by atoms with Gasteiger partial charge in [-0.1, -0.05) is 72.3 Å². The quantitative estimate of drug-likeness (QED) is 0.840. The van der Waals surface area contributed by atoms with Crippen LogP contribution in [0.1, 0.15) is 24.1 Å². The number of nitrogens with one attached hydrogen (secondary N) is 1. The highest BCUT2D eigenvalue weighted by Crippen LogP contribution is 2.18. The second kappa shape index (κ2) is 6.92. The minimum atomic E-state index is -0.199. The average Bonchev–Trinajstić information content (AvgIpc) is 2.49. The molecule has 0 fully saturated rings. The van der Waals surface area contributed by atoms with Gasteiger partial charge in [0.25, 0.3) is 0 Å². The number of amides is 1. The molecule has 0 radical (unpaired) electrons. The highest BCUT2D eigenvalue weighted by molar-refractivity contribution is 6.50. The van der Waals surface area contributed by atoms with Crippen molar-refractivity contribution < 1.29 is 4.79 Å². The van der Waals surface area contributed by atoms with Crippen LogP contribution in [-0.4, -0.2) is 5.91 Å². The Morgan fingerprint density at radius 2 is 1.60 bits per heavy atom. The third kappa shape index (κ3) is 3.97. The molecule has 1 amide bonds. The number of carbonyl (C=O) groups is 1. The Hall–Kier alpha value is -2.06. The Kier molecular flexibility index (Phi) is 4.97. The maximum atomic E-state index is 11.9. The summed E-state index contributed by atoms with van der Waals surface area (Å²) < 4.78 is 0. The minimum Gasteiger partial charge on any atom is -0.346 e. The van der Waals surface area contributed by atoms with Crippen LogP contribution in [-0.2, 0) is 4.79 Å². The Labute approximate surface area is 124 Å². The number of hydrogen-bond donors (Lipinski definition) is 1. The number of rotatable bonds is 4. The van der Waals surface area contributed by atoms with Crippen LogP contribution in [0.2, 0.25) is 0 Å². The predicted molar refractivity (Wildman–Crippen MR) is 83.3 cm³/mol. The summed E-state index contributed by atoms with van der Waals surface area (Å²) in [5.41, 5.74) is 1.89. The molecule has 0 aliphatic heterocycles. The largest absolute Gasteiger partial charge is 0.346 e. The first-order valence-corrected chi connectivity index (χ1v) is 6.82. The van der Waals surface area contributed by atoms with E-state index in [1.807, 2.05) is 67.6 Å². The zero-order chi connectivity index (χ0) is 14.4. The lowest BCUT2D eigenvalue weighted by Crippen LogP contribution is -2.24. The summed E-state index contributed by atoms with van der Waals surface area (Å²) in [5.74, 6) is -0.199. The van der Waals surface area contributed by atoms with E-state index >= 15 is 0 Å². The van der Waals surface area contributed by atoms with Gasteiger partial charge in [0.2, 0.25) is 5.91 Å². The standard InChI is InChI=1S/C17H16ClNO/c1-13(14-8-4-2-5-9-14)19-17(20)12-16(18)15-10-6-3-7-11-15/h2-13H,1H3,(H,19,20)/b16-12-/t13-/m1/s1. The van der Waals surface area contributed by atoms with Crippen molar-refractivity contribution in [2.24, 2.45) is 0 Å². The van der Waals surface area contributed by atoms with Gasteiger partial charge in [0, 0.05) is 6.08 Å². The van der Waals surface area contributed by atoms with Crippen LogP contribution in [0.15, 0.2) is 66.7 Å². The highest BCUT2D eigenvalue weighted by atomic mass is 35.5. The van der Waals surface area contributed by atoms with Gasteiger partial charge in [-0.15, -0.1) is 0 Å². The second-order valence-electron chi connectivity index (χ2n) is 4.50. The SMILES string of the molecule is C[C@@H](NC(=O)/C=C(\Cl)c1ccccc1)c1ccccc1. The van der Waals surface area contributed by atoms with Crippen LogP contribution in [0, 0.1) is 0 Å². The zero-order valence-corrected chi connectivity index (χ0v) is 12.0. The van der Waals surface area contributed by atoms with Crippen LogP contribution in [0.4, 0.5) is 0 Å². The lowest BCUT2D eigenvalue weighted by Gasteiger charge is -2.12. The molecule has 2 rings (SSSR count). The fraction of sp³-hybridized carbons (Fsp3) is 0.118. The third-order valence-electron chi connectivity index (χ3n) is 2.97. The lowest BCUT2D eigenvalue weighted by atomic mass is 10.1. The van der Waals surface area contributed by atoms with Crippen molar-refractivity contribution in [2.75, 3.05) is 0 Å². The molecule has 2 aromatic carbocycles. The Morgan fingerprint density at radius 3 is 2.20 bits per heavy atom. The fourth-order valence-electron chi connectivity index (χ4n) is 1.88. The average molecular weight is 286 g/mol. The van der Waals surface area contributed by atoms with Crippen LogP contribution < -0.4 is 5.32 Å². The number of halogens is 1. The van der Waals surface area contributed by atoms with Crippen LogP contribution in [0.5, 0.6) is 0 Å². The van der Waals surface area contributed by atoms with E-state index in [9.17, 15) is 4.79 Å². The highest BCUT2D eigenvalue weighted by Gasteiger charge is 2.08. The Bertz CT molecular complexity index is 593. The molecule has 0 aromatic heterocycles. The van der Waals surface area contributed by atoms with Gasteiger partial charge >= 0.3 is 0 Å². The van der Waals surface area contributed by atoms with E-state index in [0.717, 1.165) is 11.1 Å². The number of benzene rings is 2. The summed E-state index contributed by atoms with van der Waals surface area (Å²) in [7, 11) is 0. The number of hydrogen-bond acceptors (Lipinski definition) is 1. The summed E-state index contributed by atoms with van der Waals surface area (Å²) >= 11 is 6.13. The monoisotopic (exact) mass is 285 g/mol. The maximum absolute atomic E-state index is 11.9. The minimum absolute atomic E-state index is 0.0554. The number of carbonyl (C=O) groups excluding carboxylic acids is 1.